The monoisotopic (exact) mass is 472 g/mol. The molecule has 0 spiro atoms. The number of carboxylic acids is 2. The molecule has 2 N–H and O–H groups in total. The summed E-state index contributed by atoms with van der Waals surface area (Å²) >= 11 is 0. The van der Waals surface area contributed by atoms with Gasteiger partial charge in [-0.05, 0) is 127 Å². The lowest BCUT2D eigenvalue weighted by Crippen LogP contribution is -2.13. The quantitative estimate of drug-likeness (QED) is 0.405. The maximum Gasteiger partial charge on any atom is 0.336 e. The van der Waals surface area contributed by atoms with Crippen LogP contribution in [0.2, 0.25) is 0 Å². The molecule has 184 valence electrons. The Hall–Kier alpha value is -3.40. The van der Waals surface area contributed by atoms with Gasteiger partial charge in [0, 0.05) is 0 Å². The minimum atomic E-state index is -0.942. The predicted octanol–water partition coefficient (Wildman–Crippen LogP) is 7.87. The summed E-state index contributed by atoms with van der Waals surface area (Å²) in [5.74, 6) is -1.88. The van der Waals surface area contributed by atoms with Gasteiger partial charge in [0.15, 0.2) is 0 Å². The molecule has 0 aliphatic heterocycles. The number of carbonyl (C=O) groups is 2. The molecule has 0 aromatic heterocycles. The summed E-state index contributed by atoms with van der Waals surface area (Å²) in [7, 11) is 0. The zero-order chi connectivity index (χ0) is 26.6. The second kappa shape index (κ2) is 8.99. The Morgan fingerprint density at radius 3 is 1.40 bits per heavy atom. The molecule has 4 heteroatoms. The van der Waals surface area contributed by atoms with Crippen molar-refractivity contribution in [2.75, 3.05) is 0 Å². The molecule has 35 heavy (non-hydrogen) atoms. The maximum atomic E-state index is 12.2. The van der Waals surface area contributed by atoms with E-state index in [9.17, 15) is 19.8 Å². The number of benzene rings is 3. The molecule has 3 rings (SSSR count). The average molecular weight is 473 g/mol. The Labute approximate surface area is 208 Å². The van der Waals surface area contributed by atoms with E-state index in [1.165, 1.54) is 0 Å². The Morgan fingerprint density at radius 1 is 0.571 bits per heavy atom. The Bertz CT molecular complexity index is 1380. The van der Waals surface area contributed by atoms with Crippen molar-refractivity contribution in [2.24, 2.45) is 0 Å². The van der Waals surface area contributed by atoms with Crippen LogP contribution in [-0.2, 0) is 5.41 Å². The van der Waals surface area contributed by atoms with Crippen LogP contribution in [0.5, 0.6) is 0 Å². The van der Waals surface area contributed by atoms with Gasteiger partial charge in [0.05, 0.1) is 11.1 Å². The average Bonchev–Trinajstić information content (AvgIpc) is 2.67. The fourth-order valence-corrected chi connectivity index (χ4v) is 5.58. The standard InChI is InChI=1S/C31H36O4/c1-15-11-17(3)26(29(32)33)20(6)24(15)23-14-22(31(8,9)10)13-19(5)28(23)25-16(2)12-18(4)27(21(25)7)30(34)35/h11-14H,1-10H3,(H,32,33)(H,34,35). The van der Waals surface area contributed by atoms with Gasteiger partial charge in [-0.1, -0.05) is 39.0 Å². The molecule has 0 heterocycles. The fraction of sp³-hybridized carbons (Fsp3) is 0.355. The molecular weight excluding hydrogens is 436 g/mol. The first-order valence-electron chi connectivity index (χ1n) is 11.9. The van der Waals surface area contributed by atoms with Crippen LogP contribution in [0.1, 0.15) is 86.0 Å². The molecule has 0 atom stereocenters. The van der Waals surface area contributed by atoms with Crippen LogP contribution in [0.15, 0.2) is 24.3 Å². The minimum Gasteiger partial charge on any atom is -0.478 e. The number of hydrogen-bond donors (Lipinski definition) is 2. The first-order chi connectivity index (χ1) is 16.1. The molecule has 0 saturated heterocycles. The van der Waals surface area contributed by atoms with Crippen molar-refractivity contribution in [3.63, 3.8) is 0 Å². The van der Waals surface area contributed by atoms with E-state index in [0.29, 0.717) is 11.1 Å². The van der Waals surface area contributed by atoms with E-state index in [2.05, 4.69) is 39.8 Å². The third-order valence-electron chi connectivity index (χ3n) is 7.09. The van der Waals surface area contributed by atoms with Crippen LogP contribution in [0, 0.1) is 48.5 Å². The van der Waals surface area contributed by atoms with Crippen LogP contribution < -0.4 is 0 Å². The molecule has 4 nitrogen and oxygen atoms in total. The lowest BCUT2D eigenvalue weighted by Gasteiger charge is -2.27. The highest BCUT2D eigenvalue weighted by molar-refractivity contribution is 6.00. The predicted molar refractivity (Wildman–Crippen MR) is 143 cm³/mol. The van der Waals surface area contributed by atoms with E-state index in [-0.39, 0.29) is 5.41 Å². The summed E-state index contributed by atoms with van der Waals surface area (Å²) in [6.45, 7) is 20.0. The third-order valence-corrected chi connectivity index (χ3v) is 7.09. The summed E-state index contributed by atoms with van der Waals surface area (Å²) in [5, 5.41) is 20.0. The number of aromatic carboxylic acids is 2. The van der Waals surface area contributed by atoms with E-state index in [0.717, 1.165) is 66.8 Å². The van der Waals surface area contributed by atoms with Crippen LogP contribution in [0.25, 0.3) is 22.3 Å². The third kappa shape index (κ3) is 4.50. The Kier molecular flexibility index (Phi) is 6.73. The Balaban J connectivity index is 2.61. The number of rotatable bonds is 4. The summed E-state index contributed by atoms with van der Waals surface area (Å²) in [6.07, 6.45) is 0. The van der Waals surface area contributed by atoms with Gasteiger partial charge >= 0.3 is 11.9 Å². The molecule has 0 saturated carbocycles. The molecule has 0 unspecified atom stereocenters. The smallest absolute Gasteiger partial charge is 0.336 e. The highest BCUT2D eigenvalue weighted by atomic mass is 16.4. The van der Waals surface area contributed by atoms with Crippen LogP contribution in [0.3, 0.4) is 0 Å². The molecule has 0 amide bonds. The van der Waals surface area contributed by atoms with E-state index < -0.39 is 11.9 Å². The first kappa shape index (κ1) is 26.2. The van der Waals surface area contributed by atoms with E-state index in [1.807, 2.05) is 53.7 Å². The largest absolute Gasteiger partial charge is 0.478 e. The molecule has 0 aliphatic rings. The summed E-state index contributed by atoms with van der Waals surface area (Å²) in [4.78, 5) is 24.3. The van der Waals surface area contributed by atoms with Gasteiger partial charge in [-0.2, -0.15) is 0 Å². The molecular formula is C31H36O4. The van der Waals surface area contributed by atoms with Gasteiger partial charge < -0.3 is 10.2 Å². The number of aryl methyl sites for hydroxylation is 5. The first-order valence-corrected chi connectivity index (χ1v) is 11.9. The molecule has 0 bridgehead atoms. The number of carboxylic acid groups (broad SMARTS) is 2. The van der Waals surface area contributed by atoms with Gasteiger partial charge in [-0.15, -0.1) is 0 Å². The van der Waals surface area contributed by atoms with Gasteiger partial charge in [0.1, 0.15) is 0 Å². The molecule has 3 aromatic carbocycles. The Morgan fingerprint density at radius 2 is 0.971 bits per heavy atom. The van der Waals surface area contributed by atoms with Crippen molar-refractivity contribution < 1.29 is 19.8 Å². The second-order valence-electron chi connectivity index (χ2n) is 10.8. The maximum absolute atomic E-state index is 12.2. The van der Waals surface area contributed by atoms with Crippen molar-refractivity contribution >= 4 is 11.9 Å². The van der Waals surface area contributed by atoms with Gasteiger partial charge in [0.25, 0.3) is 0 Å². The normalized spacial score (nSPS) is 11.6. The van der Waals surface area contributed by atoms with Crippen LogP contribution in [-0.4, -0.2) is 22.2 Å². The van der Waals surface area contributed by atoms with Gasteiger partial charge in [0.2, 0.25) is 0 Å². The van der Waals surface area contributed by atoms with Crippen LogP contribution >= 0.6 is 0 Å². The van der Waals surface area contributed by atoms with Gasteiger partial charge in [-0.25, -0.2) is 9.59 Å². The number of hydrogen-bond acceptors (Lipinski definition) is 2. The van der Waals surface area contributed by atoms with Crippen molar-refractivity contribution in [1.82, 2.24) is 0 Å². The molecule has 0 fully saturated rings. The van der Waals surface area contributed by atoms with Crippen molar-refractivity contribution in [3.05, 3.63) is 79.9 Å². The highest BCUT2D eigenvalue weighted by Crippen LogP contribution is 2.45. The summed E-state index contributed by atoms with van der Waals surface area (Å²) < 4.78 is 0. The zero-order valence-corrected chi connectivity index (χ0v) is 22.5. The minimum absolute atomic E-state index is 0.121. The fourth-order valence-electron chi connectivity index (χ4n) is 5.58. The lowest BCUT2D eigenvalue weighted by molar-refractivity contribution is 0.0684. The van der Waals surface area contributed by atoms with Crippen LogP contribution in [0.4, 0.5) is 0 Å². The zero-order valence-electron chi connectivity index (χ0n) is 22.5. The van der Waals surface area contributed by atoms with E-state index in [1.54, 1.807) is 0 Å². The molecule has 0 aliphatic carbocycles. The van der Waals surface area contributed by atoms with Crippen molar-refractivity contribution in [1.29, 1.82) is 0 Å². The SMILES string of the molecule is Cc1cc(C)c(-c2cc(C(C)(C)C)cc(C)c2-c2c(C)cc(C)c(C(=O)O)c2C)c(C)c1C(=O)O. The topological polar surface area (TPSA) is 74.6 Å². The summed E-state index contributed by atoms with van der Waals surface area (Å²) in [5.41, 5.74) is 11.3. The lowest BCUT2D eigenvalue weighted by atomic mass is 9.77. The summed E-state index contributed by atoms with van der Waals surface area (Å²) in [6, 6.07) is 8.21. The van der Waals surface area contributed by atoms with Crippen molar-refractivity contribution in [2.45, 2.75) is 74.7 Å². The van der Waals surface area contributed by atoms with E-state index in [4.69, 9.17) is 0 Å². The molecule has 3 aromatic rings. The molecule has 0 radical (unpaired) electrons. The van der Waals surface area contributed by atoms with E-state index >= 15 is 0 Å². The highest BCUT2D eigenvalue weighted by Gasteiger charge is 2.26. The van der Waals surface area contributed by atoms with Crippen molar-refractivity contribution in [3.8, 4) is 22.3 Å². The van der Waals surface area contributed by atoms with Gasteiger partial charge in [-0.3, -0.25) is 0 Å². The second-order valence-corrected chi connectivity index (χ2v) is 10.8.